The maximum atomic E-state index is 12.5. The molecule has 0 unspecified atom stereocenters. The first-order chi connectivity index (χ1) is 12.5. The van der Waals surface area contributed by atoms with E-state index in [2.05, 4.69) is 11.2 Å². The minimum atomic E-state index is -0.718. The molecule has 0 atom stereocenters. The molecule has 2 rings (SSSR count). The minimum Gasteiger partial charge on any atom is -0.428 e. The third kappa shape index (κ3) is 4.83. The Hall–Kier alpha value is -3.83. The first-order valence-electron chi connectivity index (χ1n) is 7.76. The number of carbonyl (C=O) groups excluding carboxylic acids is 1. The lowest BCUT2D eigenvalue weighted by Crippen LogP contribution is -2.17. The number of ketones is 1. The third-order valence-electron chi connectivity index (χ3n) is 3.39. The number of allylic oxidation sites excluding steroid dienone is 2. The van der Waals surface area contributed by atoms with Crippen molar-refractivity contribution in [1.82, 2.24) is 0 Å². The van der Waals surface area contributed by atoms with Gasteiger partial charge in [0.1, 0.15) is 11.3 Å². The number of benzene rings is 1. The summed E-state index contributed by atoms with van der Waals surface area (Å²) < 4.78 is 5.02. The second-order valence-corrected chi connectivity index (χ2v) is 5.32. The van der Waals surface area contributed by atoms with Gasteiger partial charge in [0.15, 0.2) is 5.78 Å². The molecule has 1 N–H and O–H groups in total. The van der Waals surface area contributed by atoms with Crippen LogP contribution in [0, 0.1) is 30.6 Å². The van der Waals surface area contributed by atoms with Gasteiger partial charge >= 0.3 is 5.63 Å². The topological polar surface area (TPSA) is 83.1 Å². The number of anilines is 1. The van der Waals surface area contributed by atoms with Crippen LogP contribution < -0.4 is 10.9 Å². The van der Waals surface area contributed by atoms with E-state index < -0.39 is 11.4 Å². The Morgan fingerprint density at radius 1 is 1.31 bits per heavy atom. The van der Waals surface area contributed by atoms with E-state index in [-0.39, 0.29) is 12.1 Å². The Bertz CT molecular complexity index is 1010. The van der Waals surface area contributed by atoms with Crippen LogP contribution >= 0.6 is 0 Å². The molecule has 0 bridgehead atoms. The molecular weight excluding hydrogens is 328 g/mol. The number of hydrogen-bond donors (Lipinski definition) is 1. The molecule has 128 valence electrons. The van der Waals surface area contributed by atoms with Crippen LogP contribution in [-0.2, 0) is 0 Å². The number of carbonyl (C=O) groups is 1. The smallest absolute Gasteiger partial charge is 0.349 e. The van der Waals surface area contributed by atoms with E-state index in [0.717, 1.165) is 11.1 Å². The zero-order valence-corrected chi connectivity index (χ0v) is 14.2. The van der Waals surface area contributed by atoms with E-state index in [9.17, 15) is 9.59 Å². The molecule has 5 heteroatoms. The summed E-state index contributed by atoms with van der Waals surface area (Å²) in [5.41, 5.74) is 1.12. The number of hydrogen-bond acceptors (Lipinski definition) is 5. The quantitative estimate of drug-likeness (QED) is 0.376. The second kappa shape index (κ2) is 8.86. The van der Waals surface area contributed by atoms with Crippen LogP contribution in [-0.4, -0.2) is 12.3 Å². The van der Waals surface area contributed by atoms with Crippen LogP contribution in [0.15, 0.2) is 51.7 Å². The van der Waals surface area contributed by atoms with Crippen LogP contribution in [0.2, 0.25) is 0 Å². The van der Waals surface area contributed by atoms with Crippen molar-refractivity contribution < 1.29 is 9.21 Å². The normalized spacial score (nSPS) is 10.6. The van der Waals surface area contributed by atoms with Crippen molar-refractivity contribution in [1.29, 1.82) is 5.26 Å². The van der Waals surface area contributed by atoms with Gasteiger partial charge in [-0.25, -0.2) is 4.79 Å². The van der Waals surface area contributed by atoms with Crippen LogP contribution in [0.4, 0.5) is 5.69 Å². The maximum Gasteiger partial charge on any atom is 0.349 e. The second-order valence-electron chi connectivity index (χ2n) is 5.32. The SMILES string of the molecule is C#CCNc1cc(C)oc(=O)c1C(=O)/C=C/c1cccc(/C=C/C#N)c1. The molecule has 0 saturated carbocycles. The minimum absolute atomic E-state index is 0.0948. The van der Waals surface area contributed by atoms with E-state index in [1.165, 1.54) is 12.2 Å². The number of rotatable bonds is 6. The molecule has 0 aliphatic heterocycles. The molecule has 0 spiro atoms. The lowest BCUT2D eigenvalue weighted by molar-refractivity contribution is 0.104. The highest BCUT2D eigenvalue weighted by Crippen LogP contribution is 2.16. The van der Waals surface area contributed by atoms with E-state index in [4.69, 9.17) is 16.1 Å². The fourth-order valence-corrected chi connectivity index (χ4v) is 2.29. The van der Waals surface area contributed by atoms with Crippen molar-refractivity contribution in [2.24, 2.45) is 0 Å². The fraction of sp³-hybridized carbons (Fsp3) is 0.0952. The molecule has 0 radical (unpaired) electrons. The Morgan fingerprint density at radius 2 is 2.04 bits per heavy atom. The Kier molecular flexibility index (Phi) is 6.31. The van der Waals surface area contributed by atoms with Crippen LogP contribution in [0.3, 0.4) is 0 Å². The number of aryl methyl sites for hydroxylation is 1. The third-order valence-corrected chi connectivity index (χ3v) is 3.39. The van der Waals surface area contributed by atoms with Gasteiger partial charge in [-0.3, -0.25) is 4.79 Å². The standard InChI is InChI=1S/C21H16N2O3/c1-3-12-23-18-13-15(2)26-21(25)20(18)19(24)10-9-17-7-4-6-16(14-17)8-5-11-22/h1,4-10,13-14,23H,12H2,2H3/b8-5+,10-9+. The molecule has 0 amide bonds. The van der Waals surface area contributed by atoms with E-state index in [1.54, 1.807) is 31.2 Å². The number of nitrogens with zero attached hydrogens (tertiary/aromatic N) is 1. The number of terminal acetylenes is 1. The monoisotopic (exact) mass is 344 g/mol. The fourth-order valence-electron chi connectivity index (χ4n) is 2.29. The predicted octanol–water partition coefficient (Wildman–Crippen LogP) is 3.43. The van der Waals surface area contributed by atoms with Gasteiger partial charge in [0.25, 0.3) is 0 Å². The first-order valence-corrected chi connectivity index (χ1v) is 7.76. The predicted molar refractivity (Wildman–Crippen MR) is 101 cm³/mol. The number of nitrogens with one attached hydrogen (secondary N) is 1. The molecule has 1 aromatic heterocycles. The van der Waals surface area contributed by atoms with Crippen molar-refractivity contribution >= 4 is 23.6 Å². The molecule has 26 heavy (non-hydrogen) atoms. The van der Waals surface area contributed by atoms with Gasteiger partial charge in [-0.1, -0.05) is 30.2 Å². The van der Waals surface area contributed by atoms with Crippen LogP contribution in [0.25, 0.3) is 12.2 Å². The Labute approximate surface area is 151 Å². The average Bonchev–Trinajstić information content (AvgIpc) is 2.62. The van der Waals surface area contributed by atoms with Crippen LogP contribution in [0.5, 0.6) is 0 Å². The summed E-state index contributed by atoms with van der Waals surface area (Å²) in [6.07, 6.45) is 11.2. The molecule has 1 heterocycles. The van der Waals surface area contributed by atoms with E-state index >= 15 is 0 Å². The highest BCUT2D eigenvalue weighted by molar-refractivity contribution is 6.10. The molecule has 5 nitrogen and oxygen atoms in total. The lowest BCUT2D eigenvalue weighted by Gasteiger charge is -2.07. The van der Waals surface area contributed by atoms with Gasteiger partial charge in [0.05, 0.1) is 18.3 Å². The van der Waals surface area contributed by atoms with E-state index in [1.807, 2.05) is 24.3 Å². The summed E-state index contributed by atoms with van der Waals surface area (Å²) in [5, 5.41) is 11.4. The first kappa shape index (κ1) is 18.5. The maximum absolute atomic E-state index is 12.5. The molecule has 2 aromatic rings. The van der Waals surface area contributed by atoms with Gasteiger partial charge in [-0.2, -0.15) is 5.26 Å². The summed E-state index contributed by atoms with van der Waals surface area (Å²) >= 11 is 0. The van der Waals surface area contributed by atoms with Crippen molar-refractivity contribution in [2.75, 3.05) is 11.9 Å². The highest BCUT2D eigenvalue weighted by atomic mass is 16.4. The summed E-state index contributed by atoms with van der Waals surface area (Å²) in [6.45, 7) is 1.80. The molecule has 0 saturated heterocycles. The Morgan fingerprint density at radius 3 is 2.73 bits per heavy atom. The summed E-state index contributed by atoms with van der Waals surface area (Å²) in [7, 11) is 0. The van der Waals surface area contributed by atoms with Crippen molar-refractivity contribution in [3.8, 4) is 18.4 Å². The average molecular weight is 344 g/mol. The van der Waals surface area contributed by atoms with Crippen molar-refractivity contribution in [3.05, 3.63) is 75.4 Å². The summed E-state index contributed by atoms with van der Waals surface area (Å²) in [5.74, 6) is 2.29. The van der Waals surface area contributed by atoms with Gasteiger partial charge in [-0.05, 0) is 36.3 Å². The van der Waals surface area contributed by atoms with Gasteiger partial charge in [0, 0.05) is 12.1 Å². The zero-order valence-electron chi connectivity index (χ0n) is 14.2. The Balaban J connectivity index is 2.32. The summed E-state index contributed by atoms with van der Waals surface area (Å²) in [4.78, 5) is 24.6. The van der Waals surface area contributed by atoms with Crippen molar-refractivity contribution in [3.63, 3.8) is 0 Å². The van der Waals surface area contributed by atoms with Crippen molar-refractivity contribution in [2.45, 2.75) is 6.92 Å². The molecule has 0 aliphatic carbocycles. The largest absolute Gasteiger partial charge is 0.428 e. The summed E-state index contributed by atoms with van der Waals surface area (Å²) in [6, 6.07) is 10.7. The van der Waals surface area contributed by atoms with E-state index in [0.29, 0.717) is 11.4 Å². The molecular formula is C21H16N2O3. The number of nitriles is 1. The zero-order chi connectivity index (χ0) is 18.9. The molecule has 0 fully saturated rings. The van der Waals surface area contributed by atoms with Gasteiger partial charge in [-0.15, -0.1) is 6.42 Å². The molecule has 1 aromatic carbocycles. The molecule has 0 aliphatic rings. The van der Waals surface area contributed by atoms with Gasteiger partial charge < -0.3 is 9.73 Å². The highest BCUT2D eigenvalue weighted by Gasteiger charge is 2.16. The lowest BCUT2D eigenvalue weighted by atomic mass is 10.1. The van der Waals surface area contributed by atoms with Crippen LogP contribution in [0.1, 0.15) is 27.2 Å². The van der Waals surface area contributed by atoms with Gasteiger partial charge in [0.2, 0.25) is 0 Å².